The summed E-state index contributed by atoms with van der Waals surface area (Å²) in [7, 11) is 0. The number of rotatable bonds is 7. The Hall–Kier alpha value is -0.920. The van der Waals surface area contributed by atoms with Gasteiger partial charge in [0, 0.05) is 12.8 Å². The maximum absolute atomic E-state index is 11.2. The number of allylic oxidation sites excluding steroid dienone is 2. The van der Waals surface area contributed by atoms with E-state index < -0.39 is 0 Å². The van der Waals surface area contributed by atoms with Crippen LogP contribution in [-0.4, -0.2) is 11.6 Å². The van der Waals surface area contributed by atoms with Gasteiger partial charge in [-0.2, -0.15) is 0 Å². The van der Waals surface area contributed by atoms with E-state index in [1.165, 1.54) is 0 Å². The van der Waals surface area contributed by atoms with E-state index in [1.807, 2.05) is 0 Å². The first-order chi connectivity index (χ1) is 6.52. The molecule has 0 aliphatic rings. The van der Waals surface area contributed by atoms with Gasteiger partial charge in [-0.1, -0.05) is 19.9 Å². The molecule has 0 radical (unpaired) electrons. The zero-order valence-corrected chi connectivity index (χ0v) is 9.38. The minimum absolute atomic E-state index is 0.169. The zero-order valence-electron chi connectivity index (χ0n) is 9.38. The summed E-state index contributed by atoms with van der Waals surface area (Å²) in [6.45, 7) is 5.77. The Morgan fingerprint density at radius 2 is 1.86 bits per heavy atom. The molecule has 0 amide bonds. The standard InChI is InChI=1S/C12H20O2/c1-10(2)8-9-12(14)7-5-4-6-11(3)13/h5,7,10H,4,6,8-9H2,1-3H3/b7-5+. The van der Waals surface area contributed by atoms with Crippen LogP contribution >= 0.6 is 0 Å². The molecule has 0 aliphatic heterocycles. The molecule has 0 aromatic carbocycles. The van der Waals surface area contributed by atoms with Crippen molar-refractivity contribution in [2.75, 3.05) is 0 Å². The van der Waals surface area contributed by atoms with Crippen LogP contribution in [0.1, 0.15) is 46.5 Å². The summed E-state index contributed by atoms with van der Waals surface area (Å²) >= 11 is 0. The lowest BCUT2D eigenvalue weighted by atomic mass is 10.1. The molecule has 0 bridgehead atoms. The molecule has 0 heterocycles. The van der Waals surface area contributed by atoms with Crippen LogP contribution in [-0.2, 0) is 9.59 Å². The predicted octanol–water partition coefficient (Wildman–Crippen LogP) is 2.92. The van der Waals surface area contributed by atoms with Gasteiger partial charge in [-0.3, -0.25) is 4.79 Å². The summed E-state index contributed by atoms with van der Waals surface area (Å²) in [5.74, 6) is 0.913. The minimum atomic E-state index is 0.169. The predicted molar refractivity (Wildman–Crippen MR) is 58.1 cm³/mol. The number of ketones is 2. The summed E-state index contributed by atoms with van der Waals surface area (Å²) in [6, 6.07) is 0. The number of hydrogen-bond acceptors (Lipinski definition) is 2. The van der Waals surface area contributed by atoms with Gasteiger partial charge < -0.3 is 4.79 Å². The first-order valence-corrected chi connectivity index (χ1v) is 5.21. The lowest BCUT2D eigenvalue weighted by molar-refractivity contribution is -0.117. The normalized spacial score (nSPS) is 11.1. The fourth-order valence-electron chi connectivity index (χ4n) is 1.02. The molecule has 0 unspecified atom stereocenters. The van der Waals surface area contributed by atoms with Gasteiger partial charge >= 0.3 is 0 Å². The zero-order chi connectivity index (χ0) is 11.0. The summed E-state index contributed by atoms with van der Waals surface area (Å²) in [5, 5.41) is 0. The van der Waals surface area contributed by atoms with Crippen molar-refractivity contribution >= 4 is 11.6 Å². The maximum atomic E-state index is 11.2. The molecule has 2 nitrogen and oxygen atoms in total. The van der Waals surface area contributed by atoms with Gasteiger partial charge in [0.25, 0.3) is 0 Å². The van der Waals surface area contributed by atoms with E-state index in [-0.39, 0.29) is 11.6 Å². The highest BCUT2D eigenvalue weighted by molar-refractivity contribution is 5.89. The molecular weight excluding hydrogens is 176 g/mol. The van der Waals surface area contributed by atoms with Crippen LogP contribution in [0, 0.1) is 5.92 Å². The molecule has 0 aliphatic carbocycles. The van der Waals surface area contributed by atoms with E-state index in [4.69, 9.17) is 0 Å². The number of carbonyl (C=O) groups excluding carboxylic acids is 2. The average molecular weight is 196 g/mol. The third kappa shape index (κ3) is 9.17. The number of Topliss-reactive ketones (excluding diaryl/α,β-unsaturated/α-hetero) is 1. The Balaban J connectivity index is 3.56. The minimum Gasteiger partial charge on any atom is -0.300 e. The van der Waals surface area contributed by atoms with E-state index >= 15 is 0 Å². The monoisotopic (exact) mass is 196 g/mol. The Morgan fingerprint density at radius 1 is 1.21 bits per heavy atom. The van der Waals surface area contributed by atoms with E-state index in [2.05, 4.69) is 13.8 Å². The molecule has 80 valence electrons. The average Bonchev–Trinajstić information content (AvgIpc) is 2.08. The molecule has 0 atom stereocenters. The lowest BCUT2D eigenvalue weighted by Gasteiger charge is -1.99. The molecule has 0 fully saturated rings. The molecule has 0 saturated carbocycles. The van der Waals surface area contributed by atoms with Gasteiger partial charge in [0.1, 0.15) is 5.78 Å². The SMILES string of the molecule is CC(=O)CC/C=C/C(=O)CCC(C)C. The smallest absolute Gasteiger partial charge is 0.155 e. The van der Waals surface area contributed by atoms with Crippen molar-refractivity contribution in [2.45, 2.75) is 46.5 Å². The molecule has 0 rings (SSSR count). The van der Waals surface area contributed by atoms with E-state index in [0.717, 1.165) is 6.42 Å². The van der Waals surface area contributed by atoms with Crippen LogP contribution in [0.5, 0.6) is 0 Å². The maximum Gasteiger partial charge on any atom is 0.155 e. The first-order valence-electron chi connectivity index (χ1n) is 5.21. The molecule has 0 N–H and O–H groups in total. The second-order valence-electron chi connectivity index (χ2n) is 4.04. The van der Waals surface area contributed by atoms with Crippen molar-refractivity contribution in [3.8, 4) is 0 Å². The van der Waals surface area contributed by atoms with E-state index in [9.17, 15) is 9.59 Å². The van der Waals surface area contributed by atoms with Gasteiger partial charge in [0.2, 0.25) is 0 Å². The Labute approximate surface area is 86.4 Å². The molecule has 0 saturated heterocycles. The summed E-state index contributed by atoms with van der Waals surface area (Å²) < 4.78 is 0. The Kier molecular flexibility index (Phi) is 6.99. The number of hydrogen-bond donors (Lipinski definition) is 0. The van der Waals surface area contributed by atoms with Crippen molar-refractivity contribution in [3.05, 3.63) is 12.2 Å². The fraction of sp³-hybridized carbons (Fsp3) is 0.667. The Bertz CT molecular complexity index is 214. The van der Waals surface area contributed by atoms with Crippen molar-refractivity contribution < 1.29 is 9.59 Å². The van der Waals surface area contributed by atoms with E-state index in [0.29, 0.717) is 25.2 Å². The summed E-state index contributed by atoms with van der Waals surface area (Å²) in [6.07, 6.45) is 6.18. The molecule has 2 heteroatoms. The van der Waals surface area contributed by atoms with Crippen molar-refractivity contribution in [3.63, 3.8) is 0 Å². The van der Waals surface area contributed by atoms with Crippen LogP contribution in [0.15, 0.2) is 12.2 Å². The van der Waals surface area contributed by atoms with Gasteiger partial charge in [0.05, 0.1) is 0 Å². The van der Waals surface area contributed by atoms with Gasteiger partial charge in [-0.05, 0) is 31.8 Å². The van der Waals surface area contributed by atoms with Gasteiger partial charge in [-0.15, -0.1) is 0 Å². The van der Waals surface area contributed by atoms with Crippen molar-refractivity contribution in [1.29, 1.82) is 0 Å². The van der Waals surface area contributed by atoms with Gasteiger partial charge in [-0.25, -0.2) is 0 Å². The van der Waals surface area contributed by atoms with Crippen LogP contribution in [0.4, 0.5) is 0 Å². The number of carbonyl (C=O) groups is 2. The molecule has 0 aromatic rings. The largest absolute Gasteiger partial charge is 0.300 e. The third-order valence-corrected chi connectivity index (χ3v) is 1.93. The van der Waals surface area contributed by atoms with Gasteiger partial charge in [0.15, 0.2) is 5.78 Å². The first kappa shape index (κ1) is 13.1. The molecular formula is C12H20O2. The van der Waals surface area contributed by atoms with Crippen LogP contribution in [0.25, 0.3) is 0 Å². The lowest BCUT2D eigenvalue weighted by Crippen LogP contribution is -1.96. The highest BCUT2D eigenvalue weighted by atomic mass is 16.1. The highest BCUT2D eigenvalue weighted by Crippen LogP contribution is 2.04. The molecule has 14 heavy (non-hydrogen) atoms. The molecule has 0 spiro atoms. The third-order valence-electron chi connectivity index (χ3n) is 1.93. The summed E-state index contributed by atoms with van der Waals surface area (Å²) in [4.78, 5) is 21.8. The van der Waals surface area contributed by atoms with Crippen LogP contribution in [0.2, 0.25) is 0 Å². The van der Waals surface area contributed by atoms with Crippen LogP contribution < -0.4 is 0 Å². The highest BCUT2D eigenvalue weighted by Gasteiger charge is 1.99. The topological polar surface area (TPSA) is 34.1 Å². The second-order valence-corrected chi connectivity index (χ2v) is 4.04. The van der Waals surface area contributed by atoms with Crippen molar-refractivity contribution in [2.24, 2.45) is 5.92 Å². The summed E-state index contributed by atoms with van der Waals surface area (Å²) in [5.41, 5.74) is 0. The fourth-order valence-corrected chi connectivity index (χ4v) is 1.02. The Morgan fingerprint density at radius 3 is 2.36 bits per heavy atom. The molecule has 0 aromatic heterocycles. The van der Waals surface area contributed by atoms with E-state index in [1.54, 1.807) is 19.1 Å². The second kappa shape index (κ2) is 7.48. The van der Waals surface area contributed by atoms with Crippen LogP contribution in [0.3, 0.4) is 0 Å². The van der Waals surface area contributed by atoms with Crippen molar-refractivity contribution in [1.82, 2.24) is 0 Å². The quantitative estimate of drug-likeness (QED) is 0.587.